The molecule has 0 bridgehead atoms. The number of aryl methyl sites for hydroxylation is 1. The van der Waals surface area contributed by atoms with Crippen molar-refractivity contribution in [2.75, 3.05) is 40.0 Å². The van der Waals surface area contributed by atoms with Crippen molar-refractivity contribution in [3.05, 3.63) is 30.1 Å². The van der Waals surface area contributed by atoms with Gasteiger partial charge in [0.1, 0.15) is 11.6 Å². The smallest absolute Gasteiger partial charge is 0.230 e. The molecule has 0 saturated carbocycles. The van der Waals surface area contributed by atoms with E-state index in [4.69, 9.17) is 4.74 Å². The average molecular weight is 392 g/mol. The molecule has 0 aliphatic carbocycles. The van der Waals surface area contributed by atoms with Crippen molar-refractivity contribution in [3.63, 3.8) is 0 Å². The molecule has 1 heterocycles. The largest absolute Gasteiger partial charge is 0.497 e. The first-order valence-electron chi connectivity index (χ1n) is 8.82. The number of thioether (sulfide) groups is 1. The molecule has 2 rings (SSSR count). The van der Waals surface area contributed by atoms with Crippen molar-refractivity contribution in [2.45, 2.75) is 25.9 Å². The van der Waals surface area contributed by atoms with Gasteiger partial charge in [0, 0.05) is 18.8 Å². The number of ether oxygens (including phenoxy) is 1. The SMILES string of the molecule is COc1ccc(-n2c(C)nnc2SCC(=O)NCC(C)(C)CN(C)C)cc1. The Bertz CT molecular complexity index is 756. The number of nitrogens with one attached hydrogen (secondary N) is 1. The van der Waals surface area contributed by atoms with Crippen molar-refractivity contribution < 1.29 is 9.53 Å². The summed E-state index contributed by atoms with van der Waals surface area (Å²) in [7, 11) is 5.71. The van der Waals surface area contributed by atoms with E-state index in [-0.39, 0.29) is 11.3 Å². The van der Waals surface area contributed by atoms with Crippen molar-refractivity contribution in [1.29, 1.82) is 0 Å². The zero-order valence-corrected chi connectivity index (χ0v) is 17.8. The molecule has 0 fully saturated rings. The molecule has 0 aliphatic heterocycles. The molecule has 1 N–H and O–H groups in total. The Labute approximate surface area is 165 Å². The van der Waals surface area contributed by atoms with Crippen LogP contribution in [0.4, 0.5) is 0 Å². The minimum Gasteiger partial charge on any atom is -0.497 e. The van der Waals surface area contributed by atoms with Gasteiger partial charge in [-0.25, -0.2) is 0 Å². The number of methoxy groups -OCH3 is 1. The van der Waals surface area contributed by atoms with Crippen LogP contribution in [0.5, 0.6) is 5.75 Å². The maximum absolute atomic E-state index is 12.3. The van der Waals surface area contributed by atoms with Crippen molar-refractivity contribution in [3.8, 4) is 11.4 Å². The molecular formula is C19H29N5O2S. The topological polar surface area (TPSA) is 72.3 Å². The van der Waals surface area contributed by atoms with Crippen LogP contribution < -0.4 is 10.1 Å². The van der Waals surface area contributed by atoms with Crippen LogP contribution in [-0.4, -0.2) is 65.6 Å². The van der Waals surface area contributed by atoms with E-state index in [1.807, 2.05) is 49.9 Å². The number of carbonyl (C=O) groups excluding carboxylic acids is 1. The molecule has 1 aromatic carbocycles. The van der Waals surface area contributed by atoms with Gasteiger partial charge in [0.25, 0.3) is 0 Å². The fourth-order valence-electron chi connectivity index (χ4n) is 2.90. The predicted molar refractivity (Wildman–Crippen MR) is 109 cm³/mol. The predicted octanol–water partition coefficient (Wildman–Crippen LogP) is 2.38. The van der Waals surface area contributed by atoms with E-state index in [0.29, 0.717) is 17.5 Å². The fourth-order valence-corrected chi connectivity index (χ4v) is 3.72. The van der Waals surface area contributed by atoms with Crippen LogP contribution in [0.2, 0.25) is 0 Å². The summed E-state index contributed by atoms with van der Waals surface area (Å²) in [6.07, 6.45) is 0. The van der Waals surface area contributed by atoms with Gasteiger partial charge in [-0.15, -0.1) is 10.2 Å². The second kappa shape index (κ2) is 9.23. The van der Waals surface area contributed by atoms with Crippen LogP contribution >= 0.6 is 11.8 Å². The lowest BCUT2D eigenvalue weighted by Crippen LogP contribution is -2.40. The van der Waals surface area contributed by atoms with Crippen LogP contribution in [0, 0.1) is 12.3 Å². The Kier molecular flexibility index (Phi) is 7.26. The summed E-state index contributed by atoms with van der Waals surface area (Å²) in [6.45, 7) is 7.72. The number of amides is 1. The van der Waals surface area contributed by atoms with Gasteiger partial charge in [-0.05, 0) is 50.7 Å². The van der Waals surface area contributed by atoms with E-state index in [9.17, 15) is 4.79 Å². The fraction of sp³-hybridized carbons (Fsp3) is 0.526. The number of hydrogen-bond acceptors (Lipinski definition) is 6. The van der Waals surface area contributed by atoms with E-state index in [1.54, 1.807) is 7.11 Å². The van der Waals surface area contributed by atoms with Crippen molar-refractivity contribution >= 4 is 17.7 Å². The Balaban J connectivity index is 1.97. The highest BCUT2D eigenvalue weighted by Crippen LogP contribution is 2.23. The molecule has 8 heteroatoms. The summed E-state index contributed by atoms with van der Waals surface area (Å²) in [4.78, 5) is 14.4. The van der Waals surface area contributed by atoms with Crippen molar-refractivity contribution in [2.24, 2.45) is 5.41 Å². The zero-order valence-electron chi connectivity index (χ0n) is 16.9. The Morgan fingerprint density at radius 3 is 2.52 bits per heavy atom. The van der Waals surface area contributed by atoms with Gasteiger partial charge in [-0.3, -0.25) is 9.36 Å². The molecule has 148 valence electrons. The van der Waals surface area contributed by atoms with Crippen molar-refractivity contribution in [1.82, 2.24) is 25.0 Å². The molecule has 1 aromatic heterocycles. The van der Waals surface area contributed by atoms with Crippen LogP contribution in [0.25, 0.3) is 5.69 Å². The Morgan fingerprint density at radius 1 is 1.26 bits per heavy atom. The number of nitrogens with zero attached hydrogens (tertiary/aromatic N) is 4. The standard InChI is InChI=1S/C19H29N5O2S/c1-14-21-22-18(24(14)15-7-9-16(26-6)10-8-15)27-11-17(25)20-12-19(2,3)13-23(4)5/h7-10H,11-13H2,1-6H3,(H,20,25). The molecule has 0 unspecified atom stereocenters. The summed E-state index contributed by atoms with van der Waals surface area (Å²) in [5, 5.41) is 12.1. The highest BCUT2D eigenvalue weighted by Gasteiger charge is 2.20. The highest BCUT2D eigenvalue weighted by atomic mass is 32.2. The first kappa shape index (κ1) is 21.2. The van der Waals surface area contributed by atoms with E-state index in [1.165, 1.54) is 11.8 Å². The van der Waals surface area contributed by atoms with Crippen LogP contribution in [0.3, 0.4) is 0 Å². The molecule has 0 radical (unpaired) electrons. The molecule has 0 aliphatic rings. The maximum atomic E-state index is 12.3. The van der Waals surface area contributed by atoms with Gasteiger partial charge in [0.15, 0.2) is 5.16 Å². The second-order valence-corrected chi connectivity index (χ2v) is 8.47. The first-order chi connectivity index (χ1) is 12.7. The van der Waals surface area contributed by atoms with E-state index in [2.05, 4.69) is 34.3 Å². The molecule has 2 aromatic rings. The van der Waals surface area contributed by atoms with Crippen LogP contribution in [0.1, 0.15) is 19.7 Å². The minimum absolute atomic E-state index is 0.00577. The third-order valence-corrected chi connectivity index (χ3v) is 4.90. The lowest BCUT2D eigenvalue weighted by molar-refractivity contribution is -0.119. The summed E-state index contributed by atoms with van der Waals surface area (Å²) in [5.41, 5.74) is 0.956. The minimum atomic E-state index is -0.00577. The Hall–Kier alpha value is -2.06. The molecule has 0 saturated heterocycles. The number of benzene rings is 1. The lowest BCUT2D eigenvalue weighted by Gasteiger charge is -2.28. The van der Waals surface area contributed by atoms with Gasteiger partial charge in [-0.2, -0.15) is 0 Å². The average Bonchev–Trinajstić information content (AvgIpc) is 2.98. The number of aromatic nitrogens is 3. The van der Waals surface area contributed by atoms with Gasteiger partial charge >= 0.3 is 0 Å². The quantitative estimate of drug-likeness (QED) is 0.662. The molecule has 1 amide bonds. The highest BCUT2D eigenvalue weighted by molar-refractivity contribution is 7.99. The summed E-state index contributed by atoms with van der Waals surface area (Å²) in [5.74, 6) is 1.86. The van der Waals surface area contributed by atoms with Crippen LogP contribution in [-0.2, 0) is 4.79 Å². The Morgan fingerprint density at radius 2 is 1.93 bits per heavy atom. The van der Waals surface area contributed by atoms with Gasteiger partial charge in [0.05, 0.1) is 12.9 Å². The monoisotopic (exact) mass is 391 g/mol. The van der Waals surface area contributed by atoms with Gasteiger partial charge < -0.3 is 15.0 Å². The first-order valence-corrected chi connectivity index (χ1v) is 9.81. The molecule has 0 spiro atoms. The maximum Gasteiger partial charge on any atom is 0.230 e. The van der Waals surface area contributed by atoms with E-state index < -0.39 is 0 Å². The van der Waals surface area contributed by atoms with Gasteiger partial charge in [-0.1, -0.05) is 25.6 Å². The number of hydrogen-bond donors (Lipinski definition) is 1. The molecule has 27 heavy (non-hydrogen) atoms. The van der Waals surface area contributed by atoms with Gasteiger partial charge in [0.2, 0.25) is 5.91 Å². The third kappa shape index (κ3) is 6.25. The lowest BCUT2D eigenvalue weighted by atomic mass is 9.93. The number of rotatable bonds is 9. The molecular weight excluding hydrogens is 362 g/mol. The number of carbonyl (C=O) groups is 1. The third-order valence-electron chi connectivity index (χ3n) is 3.97. The molecule has 0 atom stereocenters. The van der Waals surface area contributed by atoms with E-state index >= 15 is 0 Å². The summed E-state index contributed by atoms with van der Waals surface area (Å²) < 4.78 is 7.14. The summed E-state index contributed by atoms with van der Waals surface area (Å²) in [6, 6.07) is 7.68. The molecule has 7 nitrogen and oxygen atoms in total. The van der Waals surface area contributed by atoms with Crippen LogP contribution in [0.15, 0.2) is 29.4 Å². The normalized spacial score (nSPS) is 11.7. The summed E-state index contributed by atoms with van der Waals surface area (Å²) >= 11 is 1.38. The second-order valence-electron chi connectivity index (χ2n) is 7.53. The zero-order chi connectivity index (χ0) is 20.0. The van der Waals surface area contributed by atoms with E-state index in [0.717, 1.165) is 23.8 Å².